The van der Waals surface area contributed by atoms with Crippen LogP contribution in [0.5, 0.6) is 5.75 Å². The lowest BCUT2D eigenvalue weighted by Gasteiger charge is -2.14. The highest BCUT2D eigenvalue weighted by Gasteiger charge is 2.32. The van der Waals surface area contributed by atoms with Crippen molar-refractivity contribution in [1.82, 2.24) is 9.55 Å². The van der Waals surface area contributed by atoms with Gasteiger partial charge in [-0.25, -0.2) is 9.78 Å². The van der Waals surface area contributed by atoms with Crippen molar-refractivity contribution >= 4 is 17.7 Å². The average Bonchev–Trinajstić information content (AvgIpc) is 2.67. The summed E-state index contributed by atoms with van der Waals surface area (Å²) in [5.41, 5.74) is -0.126. The van der Waals surface area contributed by atoms with E-state index in [1.54, 1.807) is 6.92 Å². The molecule has 0 aliphatic heterocycles. The Kier molecular flexibility index (Phi) is 8.10. The Morgan fingerprint density at radius 2 is 1.93 bits per heavy atom. The van der Waals surface area contributed by atoms with Crippen LogP contribution in [-0.4, -0.2) is 34.2 Å². The minimum absolute atomic E-state index is 0.00778. The Morgan fingerprint density at radius 1 is 1.23 bits per heavy atom. The third-order valence-corrected chi connectivity index (χ3v) is 5.01. The molecule has 10 heteroatoms. The number of hydrogen-bond acceptors (Lipinski definition) is 6. The topological polar surface area (TPSA) is 70.4 Å². The van der Waals surface area contributed by atoms with Crippen molar-refractivity contribution in [3.8, 4) is 16.9 Å². The maximum absolute atomic E-state index is 12.7. The molecule has 1 heterocycles. The van der Waals surface area contributed by atoms with E-state index in [9.17, 15) is 22.8 Å². The lowest BCUT2D eigenvalue weighted by molar-refractivity contribution is -0.274. The van der Waals surface area contributed by atoms with Gasteiger partial charge in [-0.1, -0.05) is 36.5 Å². The van der Waals surface area contributed by atoms with E-state index in [4.69, 9.17) is 4.74 Å². The van der Waals surface area contributed by atoms with Gasteiger partial charge < -0.3 is 9.47 Å². The highest BCUT2D eigenvalue weighted by molar-refractivity contribution is 7.99. The number of alkyl halides is 3. The smallest absolute Gasteiger partial charge is 0.462 e. The first-order valence-electron chi connectivity index (χ1n) is 8.96. The van der Waals surface area contributed by atoms with Crippen molar-refractivity contribution in [3.05, 3.63) is 53.0 Å². The summed E-state index contributed by atoms with van der Waals surface area (Å²) in [7, 11) is 1.50. The van der Waals surface area contributed by atoms with E-state index >= 15 is 0 Å². The predicted octanol–water partition coefficient (Wildman–Crippen LogP) is 4.34. The van der Waals surface area contributed by atoms with Gasteiger partial charge in [-0.2, -0.15) is 0 Å². The SMILES string of the molecule is C=C(C)C(=O)OCCCCSc1ncc(-c2ccccc2OC(F)(F)F)c(=O)n1C. The number of thioether (sulfide) groups is 1. The molecular weight excluding hydrogens is 421 g/mol. The van der Waals surface area contributed by atoms with Crippen LogP contribution in [0.25, 0.3) is 11.1 Å². The van der Waals surface area contributed by atoms with E-state index in [2.05, 4.69) is 16.3 Å². The molecule has 6 nitrogen and oxygen atoms in total. The number of rotatable bonds is 9. The minimum Gasteiger partial charge on any atom is -0.462 e. The zero-order valence-electron chi connectivity index (χ0n) is 16.5. The summed E-state index contributed by atoms with van der Waals surface area (Å²) in [5, 5.41) is 0.428. The fourth-order valence-corrected chi connectivity index (χ4v) is 3.34. The number of carbonyl (C=O) groups excluding carboxylic acids is 1. The van der Waals surface area contributed by atoms with Crippen LogP contribution in [0.4, 0.5) is 13.2 Å². The standard InChI is InChI=1S/C20H21F3N2O4S/c1-13(2)18(27)28-10-6-7-11-30-19-24-12-15(17(26)25(19)3)14-8-4-5-9-16(14)29-20(21,22)23/h4-5,8-9,12H,1,6-7,10-11H2,2-3H3. The highest BCUT2D eigenvalue weighted by atomic mass is 32.2. The van der Waals surface area contributed by atoms with E-state index in [1.807, 2.05) is 0 Å². The normalized spacial score (nSPS) is 11.2. The van der Waals surface area contributed by atoms with Gasteiger partial charge in [0, 0.05) is 30.1 Å². The number of para-hydroxylation sites is 1. The van der Waals surface area contributed by atoms with Gasteiger partial charge >= 0.3 is 12.3 Å². The number of hydrogen-bond donors (Lipinski definition) is 0. The Morgan fingerprint density at radius 3 is 2.60 bits per heavy atom. The quantitative estimate of drug-likeness (QED) is 0.189. The monoisotopic (exact) mass is 442 g/mol. The van der Waals surface area contributed by atoms with Crippen LogP contribution in [0.2, 0.25) is 0 Å². The van der Waals surface area contributed by atoms with Gasteiger partial charge in [0.1, 0.15) is 5.75 Å². The minimum atomic E-state index is -4.87. The molecule has 30 heavy (non-hydrogen) atoms. The predicted molar refractivity (Wildman–Crippen MR) is 107 cm³/mol. The van der Waals surface area contributed by atoms with Gasteiger partial charge in [-0.05, 0) is 25.8 Å². The summed E-state index contributed by atoms with van der Waals surface area (Å²) in [6.07, 6.45) is -2.27. The molecule has 2 aromatic rings. The van der Waals surface area contributed by atoms with Crippen LogP contribution in [0.1, 0.15) is 19.8 Å². The molecular formula is C20H21F3N2O4S. The van der Waals surface area contributed by atoms with Crippen molar-refractivity contribution < 1.29 is 27.4 Å². The molecule has 0 saturated heterocycles. The molecule has 0 amide bonds. The molecule has 0 atom stereocenters. The Bertz CT molecular complexity index is 973. The summed E-state index contributed by atoms with van der Waals surface area (Å²) in [4.78, 5) is 28.2. The first-order chi connectivity index (χ1) is 14.1. The summed E-state index contributed by atoms with van der Waals surface area (Å²) < 4.78 is 48.2. The van der Waals surface area contributed by atoms with Crippen LogP contribution in [0.3, 0.4) is 0 Å². The molecule has 0 radical (unpaired) electrons. The van der Waals surface area contributed by atoms with Gasteiger partial charge in [0.05, 0.1) is 12.2 Å². The fraction of sp³-hybridized carbons (Fsp3) is 0.350. The molecule has 1 aromatic heterocycles. The van der Waals surface area contributed by atoms with Crippen molar-refractivity contribution in [3.63, 3.8) is 0 Å². The molecule has 2 rings (SSSR count). The number of halogens is 3. The number of aromatic nitrogens is 2. The zero-order chi connectivity index (χ0) is 22.3. The lowest BCUT2D eigenvalue weighted by Crippen LogP contribution is -2.22. The second-order valence-corrected chi connectivity index (χ2v) is 7.40. The third-order valence-electron chi connectivity index (χ3n) is 3.88. The fourth-order valence-electron chi connectivity index (χ4n) is 2.41. The van der Waals surface area contributed by atoms with Crippen LogP contribution >= 0.6 is 11.8 Å². The zero-order valence-corrected chi connectivity index (χ0v) is 17.3. The van der Waals surface area contributed by atoms with Crippen LogP contribution in [-0.2, 0) is 16.6 Å². The van der Waals surface area contributed by atoms with Crippen molar-refractivity contribution in [2.24, 2.45) is 7.05 Å². The Labute approximate surface area is 175 Å². The van der Waals surface area contributed by atoms with E-state index in [1.165, 1.54) is 47.8 Å². The van der Waals surface area contributed by atoms with E-state index < -0.39 is 23.6 Å². The molecule has 0 bridgehead atoms. The van der Waals surface area contributed by atoms with Crippen molar-refractivity contribution in [2.75, 3.05) is 12.4 Å². The maximum atomic E-state index is 12.7. The van der Waals surface area contributed by atoms with Gasteiger partial charge in [0.2, 0.25) is 0 Å². The van der Waals surface area contributed by atoms with E-state index in [-0.39, 0.29) is 17.7 Å². The molecule has 1 aromatic carbocycles. The molecule has 0 aliphatic rings. The maximum Gasteiger partial charge on any atom is 0.573 e. The van der Waals surface area contributed by atoms with Crippen LogP contribution in [0, 0.1) is 0 Å². The Hall–Kier alpha value is -2.75. The number of unbranched alkanes of at least 4 members (excludes halogenated alkanes) is 1. The molecule has 0 unspecified atom stereocenters. The number of nitrogens with zero attached hydrogens (tertiary/aromatic N) is 2. The molecule has 162 valence electrons. The molecule has 0 aliphatic carbocycles. The number of ether oxygens (including phenoxy) is 2. The first kappa shape index (κ1) is 23.5. The number of esters is 1. The van der Waals surface area contributed by atoms with E-state index in [0.29, 0.717) is 29.3 Å². The largest absolute Gasteiger partial charge is 0.573 e. The summed E-state index contributed by atoms with van der Waals surface area (Å²) >= 11 is 1.33. The summed E-state index contributed by atoms with van der Waals surface area (Å²) in [6.45, 7) is 5.34. The number of carbonyl (C=O) groups is 1. The molecule has 0 spiro atoms. The van der Waals surface area contributed by atoms with E-state index in [0.717, 1.165) is 6.07 Å². The number of benzene rings is 1. The third kappa shape index (κ3) is 6.65. The van der Waals surface area contributed by atoms with Gasteiger partial charge in [-0.15, -0.1) is 13.2 Å². The van der Waals surface area contributed by atoms with Crippen molar-refractivity contribution in [1.29, 1.82) is 0 Å². The lowest BCUT2D eigenvalue weighted by atomic mass is 10.1. The van der Waals surface area contributed by atoms with Gasteiger partial charge in [0.25, 0.3) is 5.56 Å². The highest BCUT2D eigenvalue weighted by Crippen LogP contribution is 2.32. The van der Waals surface area contributed by atoms with Gasteiger partial charge in [-0.3, -0.25) is 9.36 Å². The summed E-state index contributed by atoms with van der Waals surface area (Å²) in [5.74, 6) is -0.274. The van der Waals surface area contributed by atoms with Crippen LogP contribution in [0.15, 0.2) is 52.6 Å². The second kappa shape index (κ2) is 10.3. The average molecular weight is 442 g/mol. The van der Waals surface area contributed by atoms with Crippen molar-refractivity contribution in [2.45, 2.75) is 31.3 Å². The first-order valence-corrected chi connectivity index (χ1v) is 9.95. The second-order valence-electron chi connectivity index (χ2n) is 6.33. The molecule has 0 saturated carbocycles. The Balaban J connectivity index is 2.04. The van der Waals surface area contributed by atoms with Crippen LogP contribution < -0.4 is 10.3 Å². The van der Waals surface area contributed by atoms with Gasteiger partial charge in [0.15, 0.2) is 5.16 Å². The summed E-state index contributed by atoms with van der Waals surface area (Å²) in [6, 6.07) is 5.42. The molecule has 0 N–H and O–H groups in total. The molecule has 0 fully saturated rings.